The highest BCUT2D eigenvalue weighted by molar-refractivity contribution is 7.97. The van der Waals surface area contributed by atoms with Gasteiger partial charge in [0.05, 0.1) is 16.8 Å². The number of imidazole rings is 1. The zero-order chi connectivity index (χ0) is 16.9. The zero-order valence-corrected chi connectivity index (χ0v) is 14.7. The van der Waals surface area contributed by atoms with E-state index in [1.165, 1.54) is 0 Å². The largest absolute Gasteiger partial charge is 0.459 e. The molecule has 0 aliphatic carbocycles. The van der Waals surface area contributed by atoms with Crippen molar-refractivity contribution in [3.05, 3.63) is 59.1 Å². The zero-order valence-electron chi connectivity index (χ0n) is 13.1. The molecule has 0 bridgehead atoms. The average Bonchev–Trinajstić information content (AvgIpc) is 2.92. The fourth-order valence-corrected chi connectivity index (χ4v) is 2.96. The minimum absolute atomic E-state index is 0.136. The van der Waals surface area contributed by atoms with Crippen molar-refractivity contribution in [1.82, 2.24) is 14.5 Å². The highest BCUT2D eigenvalue weighted by atomic mass is 35.5. The Morgan fingerprint density at radius 2 is 2.12 bits per heavy atom. The number of pyridine rings is 1. The Kier molecular flexibility index (Phi) is 5.37. The molecule has 3 aromatic rings. The third-order valence-electron chi connectivity index (χ3n) is 3.48. The highest BCUT2D eigenvalue weighted by Gasteiger charge is 2.14. The number of thioether (sulfide) groups is 1. The van der Waals surface area contributed by atoms with Crippen LogP contribution in [0.1, 0.15) is 11.4 Å². The molecule has 0 radical (unpaired) electrons. The normalized spacial score (nSPS) is 10.9. The molecule has 7 heteroatoms. The number of esters is 1. The number of fused-ring (bicyclic) bond motifs is 1. The van der Waals surface area contributed by atoms with Crippen LogP contribution in [0.5, 0.6) is 0 Å². The van der Waals surface area contributed by atoms with E-state index in [0.29, 0.717) is 5.15 Å². The van der Waals surface area contributed by atoms with Crippen LogP contribution >= 0.6 is 23.4 Å². The number of hydrogen-bond acceptors (Lipinski definition) is 5. The number of ether oxygens (including phenoxy) is 1. The van der Waals surface area contributed by atoms with Crippen LogP contribution in [0.4, 0.5) is 0 Å². The number of rotatable bonds is 6. The molecule has 3 rings (SSSR count). The minimum Gasteiger partial charge on any atom is -0.459 e. The Bertz CT molecular complexity index is 849. The van der Waals surface area contributed by atoms with E-state index in [4.69, 9.17) is 16.3 Å². The minimum atomic E-state index is -0.310. The maximum absolute atomic E-state index is 12.2. The monoisotopic (exact) mass is 361 g/mol. The maximum atomic E-state index is 12.2. The van der Waals surface area contributed by atoms with Gasteiger partial charge in [-0.25, -0.2) is 9.97 Å². The first-order valence-corrected chi connectivity index (χ1v) is 9.13. The van der Waals surface area contributed by atoms with Gasteiger partial charge in [0.1, 0.15) is 24.1 Å². The average molecular weight is 362 g/mol. The van der Waals surface area contributed by atoms with Gasteiger partial charge in [-0.1, -0.05) is 29.8 Å². The molecular formula is C17H16ClN3O2S. The number of aromatic nitrogens is 3. The van der Waals surface area contributed by atoms with E-state index in [1.807, 2.05) is 35.1 Å². The van der Waals surface area contributed by atoms with Crippen molar-refractivity contribution >= 4 is 40.4 Å². The number of hydrogen-bond donors (Lipinski definition) is 0. The smallest absolute Gasteiger partial charge is 0.326 e. The SMILES string of the molecule is CSCc1nc2ccccc2n1CC(=O)OCc1ccc(Cl)nc1. The van der Waals surface area contributed by atoms with Crippen molar-refractivity contribution < 1.29 is 9.53 Å². The third-order valence-corrected chi connectivity index (χ3v) is 4.25. The fraction of sp³-hybridized carbons (Fsp3) is 0.235. The molecule has 0 saturated carbocycles. The van der Waals surface area contributed by atoms with Gasteiger partial charge in [0.25, 0.3) is 0 Å². The van der Waals surface area contributed by atoms with Crippen molar-refractivity contribution in [2.75, 3.05) is 6.26 Å². The van der Waals surface area contributed by atoms with E-state index in [9.17, 15) is 4.79 Å². The maximum Gasteiger partial charge on any atom is 0.326 e. The molecule has 0 amide bonds. The predicted octanol–water partition coefficient (Wildman–Crippen LogP) is 3.69. The van der Waals surface area contributed by atoms with Gasteiger partial charge in [0, 0.05) is 11.8 Å². The molecule has 2 heterocycles. The van der Waals surface area contributed by atoms with Crippen molar-refractivity contribution in [2.45, 2.75) is 18.9 Å². The van der Waals surface area contributed by atoms with E-state index >= 15 is 0 Å². The van der Waals surface area contributed by atoms with Crippen LogP contribution in [0, 0.1) is 0 Å². The van der Waals surface area contributed by atoms with Crippen molar-refractivity contribution in [3.63, 3.8) is 0 Å². The predicted molar refractivity (Wildman–Crippen MR) is 96.0 cm³/mol. The molecule has 0 spiro atoms. The Balaban J connectivity index is 1.72. The number of benzene rings is 1. The van der Waals surface area contributed by atoms with Gasteiger partial charge in [-0.05, 0) is 24.5 Å². The summed E-state index contributed by atoms with van der Waals surface area (Å²) in [5.74, 6) is 1.30. The van der Waals surface area contributed by atoms with Crippen molar-refractivity contribution in [3.8, 4) is 0 Å². The standard InChI is InChI=1S/C17H16ClN3O2S/c1-24-11-16-20-13-4-2-3-5-14(13)21(16)9-17(22)23-10-12-6-7-15(18)19-8-12/h2-8H,9-11H2,1H3. The van der Waals surface area contributed by atoms with E-state index < -0.39 is 0 Å². The second kappa shape index (κ2) is 7.68. The number of para-hydroxylation sites is 2. The van der Waals surface area contributed by atoms with Crippen molar-refractivity contribution in [2.24, 2.45) is 0 Å². The number of carbonyl (C=O) groups is 1. The Hall–Kier alpha value is -2.05. The Morgan fingerprint density at radius 1 is 1.29 bits per heavy atom. The number of halogens is 1. The van der Waals surface area contributed by atoms with E-state index in [2.05, 4.69) is 9.97 Å². The molecule has 0 N–H and O–H groups in total. The molecule has 0 atom stereocenters. The second-order valence-electron chi connectivity index (χ2n) is 5.19. The van der Waals surface area contributed by atoms with Gasteiger partial charge in [-0.3, -0.25) is 4.79 Å². The van der Waals surface area contributed by atoms with Crippen molar-refractivity contribution in [1.29, 1.82) is 0 Å². The molecule has 5 nitrogen and oxygen atoms in total. The molecule has 0 aliphatic heterocycles. The summed E-state index contributed by atoms with van der Waals surface area (Å²) in [6.45, 7) is 0.310. The first-order valence-electron chi connectivity index (χ1n) is 7.36. The van der Waals surface area contributed by atoms with Crippen LogP contribution < -0.4 is 0 Å². The van der Waals surface area contributed by atoms with Crippen LogP contribution in [0.3, 0.4) is 0 Å². The summed E-state index contributed by atoms with van der Waals surface area (Å²) in [6.07, 6.45) is 3.61. The van der Waals surface area contributed by atoms with Gasteiger partial charge >= 0.3 is 5.97 Å². The quantitative estimate of drug-likeness (QED) is 0.495. The molecule has 0 saturated heterocycles. The Morgan fingerprint density at radius 3 is 2.88 bits per heavy atom. The van der Waals surface area contributed by atoms with Crippen LogP contribution in [0.15, 0.2) is 42.6 Å². The third kappa shape index (κ3) is 3.88. The summed E-state index contributed by atoms with van der Waals surface area (Å²) < 4.78 is 7.26. The van der Waals surface area contributed by atoms with Gasteiger partial charge in [-0.15, -0.1) is 0 Å². The van der Waals surface area contributed by atoms with Gasteiger partial charge in [-0.2, -0.15) is 11.8 Å². The van der Waals surface area contributed by atoms with Crippen LogP contribution in [-0.4, -0.2) is 26.8 Å². The summed E-state index contributed by atoms with van der Waals surface area (Å²) in [7, 11) is 0. The lowest BCUT2D eigenvalue weighted by Crippen LogP contribution is -2.15. The number of carbonyl (C=O) groups excluding carboxylic acids is 1. The van der Waals surface area contributed by atoms with Gasteiger partial charge in [0.15, 0.2) is 0 Å². The van der Waals surface area contributed by atoms with E-state index in [-0.39, 0.29) is 19.1 Å². The summed E-state index contributed by atoms with van der Waals surface area (Å²) in [4.78, 5) is 20.8. The summed E-state index contributed by atoms with van der Waals surface area (Å²) in [6, 6.07) is 11.2. The summed E-state index contributed by atoms with van der Waals surface area (Å²) in [5, 5.41) is 0.414. The van der Waals surface area contributed by atoms with Gasteiger partial charge < -0.3 is 9.30 Å². The Labute approximate surface area is 149 Å². The number of nitrogens with zero attached hydrogens (tertiary/aromatic N) is 3. The van der Waals surface area contributed by atoms with Crippen LogP contribution in [-0.2, 0) is 28.4 Å². The molecule has 2 aromatic heterocycles. The lowest BCUT2D eigenvalue weighted by atomic mass is 10.3. The molecule has 1 aromatic carbocycles. The lowest BCUT2D eigenvalue weighted by molar-refractivity contribution is -0.145. The van der Waals surface area contributed by atoms with Crippen LogP contribution in [0.2, 0.25) is 5.15 Å². The van der Waals surface area contributed by atoms with E-state index in [0.717, 1.165) is 28.2 Å². The van der Waals surface area contributed by atoms with Gasteiger partial charge in [0.2, 0.25) is 0 Å². The molecular weight excluding hydrogens is 346 g/mol. The molecule has 0 unspecified atom stereocenters. The first kappa shape index (κ1) is 16.8. The summed E-state index contributed by atoms with van der Waals surface area (Å²) in [5.41, 5.74) is 2.62. The molecule has 0 aliphatic rings. The first-order chi connectivity index (χ1) is 11.7. The fourth-order valence-electron chi connectivity index (χ4n) is 2.37. The molecule has 124 valence electrons. The lowest BCUT2D eigenvalue weighted by Gasteiger charge is -2.09. The molecule has 24 heavy (non-hydrogen) atoms. The summed E-state index contributed by atoms with van der Waals surface area (Å²) >= 11 is 7.41. The highest BCUT2D eigenvalue weighted by Crippen LogP contribution is 2.19. The topological polar surface area (TPSA) is 57.0 Å². The second-order valence-corrected chi connectivity index (χ2v) is 6.44. The van der Waals surface area contributed by atoms with Crippen LogP contribution in [0.25, 0.3) is 11.0 Å². The van der Waals surface area contributed by atoms with E-state index in [1.54, 1.807) is 30.1 Å². The molecule has 0 fully saturated rings.